The van der Waals surface area contributed by atoms with Crippen molar-refractivity contribution in [1.82, 2.24) is 15.3 Å². The Morgan fingerprint density at radius 2 is 1.94 bits per heavy atom. The molecular weight excluding hydrogens is 392 g/mol. The number of carbonyl (C=O) groups excluding carboxylic acids is 2. The van der Waals surface area contributed by atoms with Gasteiger partial charge in [-0.05, 0) is 42.7 Å². The number of aromatic nitrogens is 2. The molecule has 162 valence electrons. The summed E-state index contributed by atoms with van der Waals surface area (Å²) in [5, 5.41) is 6.36. The maximum atomic E-state index is 12.2. The number of hydrogen-bond acceptors (Lipinski definition) is 4. The number of benzene rings is 2. The molecular formula is C24H28N4O3. The van der Waals surface area contributed by atoms with E-state index >= 15 is 0 Å². The van der Waals surface area contributed by atoms with Crippen LogP contribution in [-0.4, -0.2) is 21.8 Å². The number of fused-ring (bicyclic) bond motifs is 1. The van der Waals surface area contributed by atoms with E-state index in [1.807, 2.05) is 44.2 Å². The van der Waals surface area contributed by atoms with Crippen molar-refractivity contribution < 1.29 is 9.59 Å². The number of nitrogens with one attached hydrogen (secondary N) is 3. The van der Waals surface area contributed by atoms with E-state index in [-0.39, 0.29) is 23.3 Å². The number of para-hydroxylation sites is 1. The Labute approximate surface area is 181 Å². The molecule has 1 heterocycles. The maximum Gasteiger partial charge on any atom is 0.258 e. The summed E-state index contributed by atoms with van der Waals surface area (Å²) >= 11 is 0. The minimum atomic E-state index is -0.162. The lowest BCUT2D eigenvalue weighted by Gasteiger charge is -2.11. The summed E-state index contributed by atoms with van der Waals surface area (Å²) in [6.07, 6.45) is 2.22. The average molecular weight is 421 g/mol. The van der Waals surface area contributed by atoms with Crippen LogP contribution < -0.4 is 16.2 Å². The van der Waals surface area contributed by atoms with E-state index in [0.29, 0.717) is 42.5 Å². The van der Waals surface area contributed by atoms with Gasteiger partial charge >= 0.3 is 0 Å². The third-order valence-corrected chi connectivity index (χ3v) is 5.22. The molecule has 0 aliphatic rings. The first-order chi connectivity index (χ1) is 15.0. The van der Waals surface area contributed by atoms with Gasteiger partial charge in [-0.2, -0.15) is 0 Å². The summed E-state index contributed by atoms with van der Waals surface area (Å²) in [4.78, 5) is 43.6. The molecule has 31 heavy (non-hydrogen) atoms. The summed E-state index contributed by atoms with van der Waals surface area (Å²) in [5.74, 6) is 0.456. The normalized spacial score (nSPS) is 11.8. The number of nitrogens with zero attached hydrogens (tertiary/aromatic N) is 1. The first-order valence-corrected chi connectivity index (χ1v) is 10.6. The second kappa shape index (κ2) is 10.5. The van der Waals surface area contributed by atoms with Crippen LogP contribution in [0.1, 0.15) is 44.5 Å². The lowest BCUT2D eigenvalue weighted by Crippen LogP contribution is -2.23. The molecule has 1 aromatic heterocycles. The van der Waals surface area contributed by atoms with Crippen LogP contribution >= 0.6 is 0 Å². The second-order valence-electron chi connectivity index (χ2n) is 7.66. The third kappa shape index (κ3) is 6.25. The third-order valence-electron chi connectivity index (χ3n) is 5.22. The van der Waals surface area contributed by atoms with E-state index in [2.05, 4.69) is 20.6 Å². The smallest absolute Gasteiger partial charge is 0.258 e. The van der Waals surface area contributed by atoms with Crippen molar-refractivity contribution in [1.29, 1.82) is 0 Å². The highest BCUT2D eigenvalue weighted by Gasteiger charge is 2.11. The van der Waals surface area contributed by atoms with Crippen LogP contribution in [0, 0.1) is 5.92 Å². The fraction of sp³-hybridized carbons (Fsp3) is 0.333. The van der Waals surface area contributed by atoms with Crippen molar-refractivity contribution in [3.05, 3.63) is 70.3 Å². The number of hydrogen-bond donors (Lipinski definition) is 3. The number of amides is 2. The summed E-state index contributed by atoms with van der Waals surface area (Å²) < 4.78 is 0. The first-order valence-electron chi connectivity index (χ1n) is 10.6. The van der Waals surface area contributed by atoms with Crippen molar-refractivity contribution >= 4 is 28.4 Å². The minimum Gasteiger partial charge on any atom is -0.352 e. The standard InChI is InChI=1S/C24H28N4O3/c1-3-16(2)23(30)26-18-9-6-8-17(14-18)15-25-22(29)13-7-12-21-27-20-11-5-4-10-19(20)24(31)28-21/h4-6,8-11,14,16H,3,7,12-13,15H2,1-2H3,(H,25,29)(H,26,30)(H,27,28,31). The van der Waals surface area contributed by atoms with Gasteiger partial charge in [0.1, 0.15) is 5.82 Å². The zero-order valence-electron chi connectivity index (χ0n) is 17.9. The number of aryl methyl sites for hydroxylation is 1. The van der Waals surface area contributed by atoms with Gasteiger partial charge in [0, 0.05) is 31.0 Å². The topological polar surface area (TPSA) is 104 Å². The molecule has 0 bridgehead atoms. The number of aromatic amines is 1. The van der Waals surface area contributed by atoms with Crippen LogP contribution in [0.5, 0.6) is 0 Å². The van der Waals surface area contributed by atoms with Gasteiger partial charge in [0.2, 0.25) is 11.8 Å². The van der Waals surface area contributed by atoms with Gasteiger partial charge in [-0.25, -0.2) is 4.98 Å². The second-order valence-corrected chi connectivity index (χ2v) is 7.66. The van der Waals surface area contributed by atoms with Gasteiger partial charge in [0.15, 0.2) is 0 Å². The predicted octanol–water partition coefficient (Wildman–Crippen LogP) is 3.55. The molecule has 0 saturated carbocycles. The number of carbonyl (C=O) groups is 2. The molecule has 1 unspecified atom stereocenters. The van der Waals surface area contributed by atoms with Crippen LogP contribution in [0.4, 0.5) is 5.69 Å². The van der Waals surface area contributed by atoms with Gasteiger partial charge in [0.25, 0.3) is 5.56 Å². The van der Waals surface area contributed by atoms with E-state index in [1.54, 1.807) is 18.2 Å². The van der Waals surface area contributed by atoms with Crippen molar-refractivity contribution in [2.75, 3.05) is 5.32 Å². The number of rotatable bonds is 9. The molecule has 3 aromatic rings. The van der Waals surface area contributed by atoms with Crippen LogP contribution in [0.25, 0.3) is 10.9 Å². The fourth-order valence-corrected chi connectivity index (χ4v) is 3.17. The molecule has 7 heteroatoms. The molecule has 2 amide bonds. The highest BCUT2D eigenvalue weighted by molar-refractivity contribution is 5.92. The summed E-state index contributed by atoms with van der Waals surface area (Å²) in [6, 6.07) is 14.7. The first kappa shape index (κ1) is 22.2. The SMILES string of the molecule is CCC(C)C(=O)Nc1cccc(CNC(=O)CCCc2nc3ccccc3c(=O)[nH]2)c1. The predicted molar refractivity (Wildman–Crippen MR) is 122 cm³/mol. The number of anilines is 1. The van der Waals surface area contributed by atoms with E-state index < -0.39 is 0 Å². The number of H-pyrrole nitrogens is 1. The van der Waals surface area contributed by atoms with Crippen LogP contribution in [0.2, 0.25) is 0 Å². The van der Waals surface area contributed by atoms with E-state index in [1.165, 1.54) is 0 Å². The molecule has 0 aliphatic heterocycles. The lowest BCUT2D eigenvalue weighted by atomic mass is 10.1. The van der Waals surface area contributed by atoms with Crippen molar-refractivity contribution in [3.63, 3.8) is 0 Å². The average Bonchev–Trinajstić information content (AvgIpc) is 2.77. The van der Waals surface area contributed by atoms with Gasteiger partial charge in [0.05, 0.1) is 10.9 Å². The molecule has 2 aromatic carbocycles. The summed E-state index contributed by atoms with van der Waals surface area (Å²) in [7, 11) is 0. The van der Waals surface area contributed by atoms with Gasteiger partial charge in [-0.1, -0.05) is 38.1 Å². The van der Waals surface area contributed by atoms with Crippen molar-refractivity contribution in [3.8, 4) is 0 Å². The van der Waals surface area contributed by atoms with Gasteiger partial charge in [-0.15, -0.1) is 0 Å². The van der Waals surface area contributed by atoms with Crippen LogP contribution in [0.15, 0.2) is 53.3 Å². The Kier molecular flexibility index (Phi) is 7.54. The van der Waals surface area contributed by atoms with Gasteiger partial charge < -0.3 is 15.6 Å². The molecule has 0 saturated heterocycles. The quantitative estimate of drug-likeness (QED) is 0.492. The van der Waals surface area contributed by atoms with E-state index in [0.717, 1.165) is 17.7 Å². The molecule has 0 spiro atoms. The van der Waals surface area contributed by atoms with E-state index in [9.17, 15) is 14.4 Å². The maximum absolute atomic E-state index is 12.2. The summed E-state index contributed by atoms with van der Waals surface area (Å²) in [5.41, 5.74) is 2.13. The Morgan fingerprint density at radius 1 is 1.13 bits per heavy atom. The molecule has 3 rings (SSSR count). The Balaban J connectivity index is 1.47. The minimum absolute atomic E-state index is 0.0102. The molecule has 1 atom stereocenters. The summed E-state index contributed by atoms with van der Waals surface area (Å²) in [6.45, 7) is 4.25. The van der Waals surface area contributed by atoms with Gasteiger partial charge in [-0.3, -0.25) is 14.4 Å². The lowest BCUT2D eigenvalue weighted by molar-refractivity contribution is -0.121. The molecule has 0 aliphatic carbocycles. The fourth-order valence-electron chi connectivity index (χ4n) is 3.17. The molecule has 0 radical (unpaired) electrons. The van der Waals surface area contributed by atoms with Crippen molar-refractivity contribution in [2.24, 2.45) is 5.92 Å². The monoisotopic (exact) mass is 420 g/mol. The molecule has 0 fully saturated rings. The Morgan fingerprint density at radius 3 is 2.74 bits per heavy atom. The van der Waals surface area contributed by atoms with E-state index in [4.69, 9.17) is 0 Å². The Bertz CT molecular complexity index is 1120. The molecule has 7 nitrogen and oxygen atoms in total. The van der Waals surface area contributed by atoms with Crippen molar-refractivity contribution in [2.45, 2.75) is 46.1 Å². The van der Waals surface area contributed by atoms with Crippen LogP contribution in [0.3, 0.4) is 0 Å². The highest BCUT2D eigenvalue weighted by Crippen LogP contribution is 2.13. The van der Waals surface area contributed by atoms with Crippen LogP contribution in [-0.2, 0) is 22.6 Å². The highest BCUT2D eigenvalue weighted by atomic mass is 16.2. The zero-order chi connectivity index (χ0) is 22.2. The largest absolute Gasteiger partial charge is 0.352 e. The Hall–Kier alpha value is -3.48. The molecule has 3 N–H and O–H groups in total. The zero-order valence-corrected chi connectivity index (χ0v) is 17.9.